The maximum Gasteiger partial charge on any atom is 0.146 e. The maximum absolute atomic E-state index is 7.35. The largest absolute Gasteiger partial charge is 0.455 e. The van der Waals surface area contributed by atoms with Crippen LogP contribution in [0.3, 0.4) is 0 Å². The van der Waals surface area contributed by atoms with Gasteiger partial charge in [-0.05, 0) is 52.3 Å². The molecule has 0 aromatic heterocycles. The number of rotatable bonds is 3. The number of hydrogen-bond donors (Lipinski definition) is 2. The van der Waals surface area contributed by atoms with Crippen molar-refractivity contribution in [1.82, 2.24) is 0 Å². The van der Waals surface area contributed by atoms with E-state index in [0.29, 0.717) is 22.1 Å². The molecule has 3 nitrogen and oxygen atoms in total. The van der Waals surface area contributed by atoms with Crippen LogP contribution in [0.15, 0.2) is 45.3 Å². The first-order valence-corrected chi connectivity index (χ1v) is 7.20. The van der Waals surface area contributed by atoms with Gasteiger partial charge in [0, 0.05) is 10.0 Å². The second-order valence-corrected chi connectivity index (χ2v) is 5.91. The highest BCUT2D eigenvalue weighted by Gasteiger charge is 2.08. The molecule has 0 amide bonds. The number of amidine groups is 1. The normalized spacial score (nSPS) is 10.3. The molecule has 0 aliphatic carbocycles. The Labute approximate surface area is 132 Å². The minimum Gasteiger partial charge on any atom is -0.455 e. The van der Waals surface area contributed by atoms with E-state index in [0.717, 1.165) is 8.95 Å². The third-order valence-corrected chi connectivity index (χ3v) is 3.77. The van der Waals surface area contributed by atoms with Crippen molar-refractivity contribution < 1.29 is 4.74 Å². The van der Waals surface area contributed by atoms with Crippen LogP contribution in [0.1, 0.15) is 5.56 Å². The highest BCUT2D eigenvalue weighted by molar-refractivity contribution is 9.11. The predicted molar refractivity (Wildman–Crippen MR) is 84.4 cm³/mol. The first kappa shape index (κ1) is 14.4. The fourth-order valence-electron chi connectivity index (χ4n) is 1.43. The third-order valence-electron chi connectivity index (χ3n) is 2.36. The third kappa shape index (κ3) is 3.49. The summed E-state index contributed by atoms with van der Waals surface area (Å²) in [6, 6.07) is 10.6. The fraction of sp³-hybridized carbons (Fsp3) is 0. The van der Waals surface area contributed by atoms with Crippen LogP contribution in [-0.4, -0.2) is 5.84 Å². The Bertz CT molecular complexity index is 647. The van der Waals surface area contributed by atoms with Gasteiger partial charge in [0.2, 0.25) is 0 Å². The Hall–Kier alpha value is -1.04. The Kier molecular flexibility index (Phi) is 4.50. The number of nitrogens with one attached hydrogen (secondary N) is 1. The van der Waals surface area contributed by atoms with E-state index in [9.17, 15) is 0 Å². The number of ether oxygens (including phenoxy) is 1. The van der Waals surface area contributed by atoms with Gasteiger partial charge in [0.15, 0.2) is 0 Å². The van der Waals surface area contributed by atoms with Crippen molar-refractivity contribution in [2.24, 2.45) is 5.73 Å². The summed E-state index contributed by atoms with van der Waals surface area (Å²) >= 11 is 12.9. The summed E-state index contributed by atoms with van der Waals surface area (Å²) < 4.78 is 7.48. The lowest BCUT2D eigenvalue weighted by Gasteiger charge is -2.10. The van der Waals surface area contributed by atoms with Gasteiger partial charge in [-0.25, -0.2) is 0 Å². The lowest BCUT2D eigenvalue weighted by molar-refractivity contribution is 0.480. The van der Waals surface area contributed by atoms with E-state index in [1.54, 1.807) is 18.2 Å². The van der Waals surface area contributed by atoms with E-state index in [4.69, 9.17) is 27.5 Å². The van der Waals surface area contributed by atoms with Crippen molar-refractivity contribution >= 4 is 49.3 Å². The Morgan fingerprint density at radius 3 is 2.37 bits per heavy atom. The molecular formula is C13H9Br2ClN2O. The molecule has 0 saturated heterocycles. The predicted octanol–water partition coefficient (Wildman–Crippen LogP) is 4.94. The van der Waals surface area contributed by atoms with Crippen LogP contribution in [0.2, 0.25) is 5.02 Å². The summed E-state index contributed by atoms with van der Waals surface area (Å²) in [5.74, 6) is 1.13. The van der Waals surface area contributed by atoms with Gasteiger partial charge in [-0.2, -0.15) is 0 Å². The molecule has 0 bridgehead atoms. The van der Waals surface area contributed by atoms with Crippen LogP contribution < -0.4 is 10.5 Å². The fourth-order valence-corrected chi connectivity index (χ4v) is 2.77. The topological polar surface area (TPSA) is 59.1 Å². The molecular weight excluding hydrogens is 395 g/mol. The molecule has 2 rings (SSSR count). The van der Waals surface area contributed by atoms with Gasteiger partial charge in [0.05, 0.1) is 9.50 Å². The molecule has 0 saturated carbocycles. The number of hydrogen-bond acceptors (Lipinski definition) is 2. The molecule has 19 heavy (non-hydrogen) atoms. The molecule has 0 radical (unpaired) electrons. The molecule has 0 aliphatic rings. The van der Waals surface area contributed by atoms with Gasteiger partial charge in [0.1, 0.15) is 17.3 Å². The second kappa shape index (κ2) is 5.94. The molecule has 2 aromatic carbocycles. The van der Waals surface area contributed by atoms with E-state index < -0.39 is 0 Å². The van der Waals surface area contributed by atoms with Crippen LogP contribution in [0.5, 0.6) is 11.5 Å². The first-order chi connectivity index (χ1) is 8.97. The van der Waals surface area contributed by atoms with Gasteiger partial charge in [-0.15, -0.1) is 0 Å². The lowest BCUT2D eigenvalue weighted by atomic mass is 10.2. The van der Waals surface area contributed by atoms with Crippen LogP contribution in [0.4, 0.5) is 0 Å². The molecule has 0 atom stereocenters. The average Bonchev–Trinajstić information content (AvgIpc) is 2.34. The number of halogens is 3. The highest BCUT2D eigenvalue weighted by atomic mass is 79.9. The molecule has 2 aromatic rings. The number of nitrogens with two attached hydrogens (primary N) is 1. The van der Waals surface area contributed by atoms with Gasteiger partial charge in [-0.3, -0.25) is 5.41 Å². The minimum absolute atomic E-state index is 0.0294. The summed E-state index contributed by atoms with van der Waals surface area (Å²) in [6.07, 6.45) is 0. The molecule has 0 unspecified atom stereocenters. The molecule has 6 heteroatoms. The summed E-state index contributed by atoms with van der Waals surface area (Å²) in [7, 11) is 0. The van der Waals surface area contributed by atoms with E-state index in [1.165, 1.54) is 0 Å². The molecule has 0 aliphatic heterocycles. The summed E-state index contributed by atoms with van der Waals surface area (Å²) in [5, 5.41) is 7.75. The second-order valence-electron chi connectivity index (χ2n) is 3.74. The number of benzene rings is 2. The van der Waals surface area contributed by atoms with Gasteiger partial charge in [0.25, 0.3) is 0 Å². The average molecular weight is 404 g/mol. The Morgan fingerprint density at radius 2 is 1.79 bits per heavy atom. The smallest absolute Gasteiger partial charge is 0.146 e. The Balaban J connectivity index is 2.31. The monoisotopic (exact) mass is 402 g/mol. The molecule has 0 fully saturated rings. The van der Waals surface area contributed by atoms with Crippen LogP contribution in [0.25, 0.3) is 0 Å². The van der Waals surface area contributed by atoms with Crippen molar-refractivity contribution in [3.8, 4) is 11.5 Å². The van der Waals surface area contributed by atoms with E-state index in [-0.39, 0.29) is 5.84 Å². The lowest BCUT2D eigenvalue weighted by Crippen LogP contribution is -2.10. The van der Waals surface area contributed by atoms with Crippen LogP contribution in [0, 0.1) is 5.41 Å². The zero-order valence-corrected chi connectivity index (χ0v) is 13.5. The molecule has 0 heterocycles. The molecule has 98 valence electrons. The van der Waals surface area contributed by atoms with E-state index in [1.807, 2.05) is 18.2 Å². The van der Waals surface area contributed by atoms with Crippen molar-refractivity contribution in [2.45, 2.75) is 0 Å². The van der Waals surface area contributed by atoms with Crippen molar-refractivity contribution in [3.05, 3.63) is 55.9 Å². The summed E-state index contributed by atoms with van der Waals surface area (Å²) in [6.45, 7) is 0. The van der Waals surface area contributed by atoms with Gasteiger partial charge in [-0.1, -0.05) is 27.5 Å². The first-order valence-electron chi connectivity index (χ1n) is 5.24. The van der Waals surface area contributed by atoms with Crippen molar-refractivity contribution in [1.29, 1.82) is 5.41 Å². The SMILES string of the molecule is N=C(N)c1ccc(Oc2ccc(Br)cc2Br)c(Cl)c1. The quantitative estimate of drug-likeness (QED) is 0.562. The standard InChI is InChI=1S/C13H9Br2ClN2O/c14-8-2-4-11(9(15)6-8)19-12-3-1-7(13(17)18)5-10(12)16/h1-6H,(H3,17,18). The molecule has 0 spiro atoms. The highest BCUT2D eigenvalue weighted by Crippen LogP contribution is 2.35. The summed E-state index contributed by atoms with van der Waals surface area (Å²) in [5.41, 5.74) is 5.96. The minimum atomic E-state index is -0.0294. The van der Waals surface area contributed by atoms with Gasteiger partial charge < -0.3 is 10.5 Å². The molecule has 3 N–H and O–H groups in total. The van der Waals surface area contributed by atoms with Crippen LogP contribution in [-0.2, 0) is 0 Å². The van der Waals surface area contributed by atoms with Gasteiger partial charge >= 0.3 is 0 Å². The van der Waals surface area contributed by atoms with Crippen molar-refractivity contribution in [2.75, 3.05) is 0 Å². The van der Waals surface area contributed by atoms with Crippen LogP contribution >= 0.6 is 43.5 Å². The Morgan fingerprint density at radius 1 is 1.11 bits per heavy atom. The van der Waals surface area contributed by atoms with E-state index in [2.05, 4.69) is 31.9 Å². The zero-order valence-electron chi connectivity index (χ0n) is 9.58. The summed E-state index contributed by atoms with van der Waals surface area (Å²) in [4.78, 5) is 0. The van der Waals surface area contributed by atoms with Crippen molar-refractivity contribution in [3.63, 3.8) is 0 Å². The maximum atomic E-state index is 7.35. The zero-order chi connectivity index (χ0) is 14.0. The number of nitrogen functional groups attached to an aromatic ring is 1. The van der Waals surface area contributed by atoms with E-state index >= 15 is 0 Å².